The van der Waals surface area contributed by atoms with E-state index in [0.717, 1.165) is 30.0 Å². The highest BCUT2D eigenvalue weighted by molar-refractivity contribution is 5.66. The molecule has 0 aliphatic carbocycles. The quantitative estimate of drug-likeness (QED) is 0.814. The highest BCUT2D eigenvalue weighted by atomic mass is 16.5. The van der Waals surface area contributed by atoms with Crippen LogP contribution >= 0.6 is 0 Å². The number of hydrogen-bond donors (Lipinski definition) is 1. The van der Waals surface area contributed by atoms with Crippen LogP contribution in [0.5, 0.6) is 5.75 Å². The zero-order chi connectivity index (χ0) is 19.3. The number of rotatable bonds is 5. The Bertz CT molecular complexity index is 866. The zero-order valence-corrected chi connectivity index (χ0v) is 15.7. The summed E-state index contributed by atoms with van der Waals surface area (Å²) in [5.41, 5.74) is 2.95. The lowest BCUT2D eigenvalue weighted by molar-refractivity contribution is -0.137. The van der Waals surface area contributed by atoms with Crippen molar-refractivity contribution in [2.75, 3.05) is 6.61 Å². The zero-order valence-electron chi connectivity index (χ0n) is 15.7. The second-order valence-corrected chi connectivity index (χ2v) is 7.43. The van der Waals surface area contributed by atoms with Gasteiger partial charge in [-0.15, -0.1) is 0 Å². The monoisotopic (exact) mass is 364 g/mol. The standard InChI is InChI=1S/C22H24N2O3/c1-22(2)10-13-27-20-9-7-16(14-18(20)22)6-8-17(4-3-5-21(25)26)19-15-23-11-12-24-19/h7,9,11-12,14-15,17H,3-5,10,13H2,1-2H3,(H,25,26). The minimum absolute atomic E-state index is 0.0665. The minimum Gasteiger partial charge on any atom is -0.493 e. The Labute approximate surface area is 159 Å². The molecule has 0 saturated carbocycles. The van der Waals surface area contributed by atoms with Gasteiger partial charge in [0.15, 0.2) is 0 Å². The predicted molar refractivity (Wildman–Crippen MR) is 103 cm³/mol. The van der Waals surface area contributed by atoms with Crippen molar-refractivity contribution in [3.63, 3.8) is 0 Å². The Morgan fingerprint density at radius 3 is 2.96 bits per heavy atom. The van der Waals surface area contributed by atoms with E-state index < -0.39 is 5.97 Å². The van der Waals surface area contributed by atoms with Gasteiger partial charge in [-0.25, -0.2) is 0 Å². The van der Waals surface area contributed by atoms with E-state index in [1.165, 1.54) is 5.56 Å². The molecule has 1 aliphatic rings. The Hall–Kier alpha value is -2.87. The summed E-state index contributed by atoms with van der Waals surface area (Å²) in [6.07, 6.45) is 7.26. The van der Waals surface area contributed by atoms with Crippen LogP contribution in [0, 0.1) is 11.8 Å². The molecule has 0 spiro atoms. The molecular weight excluding hydrogens is 340 g/mol. The lowest BCUT2D eigenvalue weighted by atomic mass is 9.79. The fraction of sp³-hybridized carbons (Fsp3) is 0.409. The van der Waals surface area contributed by atoms with Crippen LogP contribution in [0.4, 0.5) is 0 Å². The summed E-state index contributed by atoms with van der Waals surface area (Å²) in [6, 6.07) is 6.06. The first-order valence-electron chi connectivity index (χ1n) is 9.22. The first-order valence-corrected chi connectivity index (χ1v) is 9.22. The van der Waals surface area contributed by atoms with E-state index in [-0.39, 0.29) is 17.8 Å². The van der Waals surface area contributed by atoms with Crippen molar-refractivity contribution < 1.29 is 14.6 Å². The third kappa shape index (κ3) is 4.85. The number of fused-ring (bicyclic) bond motifs is 1. The van der Waals surface area contributed by atoms with Gasteiger partial charge in [-0.3, -0.25) is 14.8 Å². The van der Waals surface area contributed by atoms with Crippen molar-refractivity contribution in [1.82, 2.24) is 9.97 Å². The van der Waals surface area contributed by atoms with Gasteiger partial charge >= 0.3 is 5.97 Å². The number of carboxylic acid groups (broad SMARTS) is 1. The second kappa shape index (κ2) is 8.22. The number of hydrogen-bond acceptors (Lipinski definition) is 4. The van der Waals surface area contributed by atoms with Gasteiger partial charge in [-0.2, -0.15) is 0 Å². The smallest absolute Gasteiger partial charge is 0.303 e. The van der Waals surface area contributed by atoms with Gasteiger partial charge in [0.2, 0.25) is 0 Å². The van der Waals surface area contributed by atoms with Gasteiger partial charge in [0.05, 0.1) is 18.2 Å². The fourth-order valence-electron chi connectivity index (χ4n) is 3.23. The highest BCUT2D eigenvalue weighted by Gasteiger charge is 2.28. The molecule has 2 heterocycles. The molecule has 3 rings (SSSR count). The molecule has 1 unspecified atom stereocenters. The molecule has 2 aromatic rings. The van der Waals surface area contributed by atoms with E-state index in [2.05, 4.69) is 41.7 Å². The Morgan fingerprint density at radius 1 is 1.37 bits per heavy atom. The van der Waals surface area contributed by atoms with Crippen molar-refractivity contribution in [2.24, 2.45) is 0 Å². The summed E-state index contributed by atoms with van der Waals surface area (Å²) in [6.45, 7) is 5.18. The van der Waals surface area contributed by atoms with Gasteiger partial charge in [0, 0.05) is 36.1 Å². The summed E-state index contributed by atoms with van der Waals surface area (Å²) in [5, 5.41) is 8.89. The molecule has 0 saturated heterocycles. The van der Waals surface area contributed by atoms with Crippen molar-refractivity contribution >= 4 is 5.97 Å². The molecule has 1 atom stereocenters. The Morgan fingerprint density at radius 2 is 2.22 bits per heavy atom. The van der Waals surface area contributed by atoms with E-state index >= 15 is 0 Å². The lowest BCUT2D eigenvalue weighted by Gasteiger charge is -2.32. The summed E-state index contributed by atoms with van der Waals surface area (Å²) < 4.78 is 5.76. The van der Waals surface area contributed by atoms with E-state index in [4.69, 9.17) is 9.84 Å². The predicted octanol–water partition coefficient (Wildman–Crippen LogP) is 3.93. The fourth-order valence-corrected chi connectivity index (χ4v) is 3.23. The molecule has 140 valence electrons. The maximum absolute atomic E-state index is 10.8. The van der Waals surface area contributed by atoms with Crippen LogP contribution in [0.3, 0.4) is 0 Å². The Balaban J connectivity index is 1.84. The number of aromatic nitrogens is 2. The first-order chi connectivity index (χ1) is 13.0. The molecule has 1 aromatic heterocycles. The van der Waals surface area contributed by atoms with Crippen molar-refractivity contribution in [1.29, 1.82) is 0 Å². The third-order valence-corrected chi connectivity index (χ3v) is 4.91. The number of ether oxygens (including phenoxy) is 1. The first kappa shape index (κ1) is 18.9. The number of benzene rings is 1. The third-order valence-electron chi connectivity index (χ3n) is 4.91. The second-order valence-electron chi connectivity index (χ2n) is 7.43. The molecular formula is C22H24N2O3. The average Bonchev–Trinajstić information content (AvgIpc) is 2.65. The molecule has 5 nitrogen and oxygen atoms in total. The van der Waals surface area contributed by atoms with Crippen molar-refractivity contribution in [3.8, 4) is 17.6 Å². The van der Waals surface area contributed by atoms with E-state index in [1.54, 1.807) is 18.6 Å². The van der Waals surface area contributed by atoms with Crippen molar-refractivity contribution in [2.45, 2.75) is 50.9 Å². The number of nitrogens with zero attached hydrogens (tertiary/aromatic N) is 2. The van der Waals surface area contributed by atoms with E-state index in [0.29, 0.717) is 12.8 Å². The van der Waals surface area contributed by atoms with E-state index in [9.17, 15) is 4.79 Å². The summed E-state index contributed by atoms with van der Waals surface area (Å²) >= 11 is 0. The van der Waals surface area contributed by atoms with Crippen LogP contribution in [0.2, 0.25) is 0 Å². The number of carbonyl (C=O) groups is 1. The van der Waals surface area contributed by atoms with Crippen molar-refractivity contribution in [3.05, 3.63) is 53.6 Å². The van der Waals surface area contributed by atoms with Crippen LogP contribution in [0.1, 0.15) is 62.3 Å². The average molecular weight is 364 g/mol. The molecule has 5 heteroatoms. The molecule has 0 fully saturated rings. The van der Waals surface area contributed by atoms with Gasteiger partial charge in [-0.1, -0.05) is 25.7 Å². The maximum Gasteiger partial charge on any atom is 0.303 e. The normalized spacial score (nSPS) is 15.6. The largest absolute Gasteiger partial charge is 0.493 e. The topological polar surface area (TPSA) is 72.3 Å². The number of carboxylic acids is 1. The molecule has 0 radical (unpaired) electrons. The summed E-state index contributed by atoms with van der Waals surface area (Å²) in [4.78, 5) is 19.3. The summed E-state index contributed by atoms with van der Waals surface area (Å²) in [7, 11) is 0. The van der Waals surface area contributed by atoms with Crippen LogP contribution < -0.4 is 4.74 Å². The molecule has 0 amide bonds. The van der Waals surface area contributed by atoms with Gasteiger partial charge in [0.25, 0.3) is 0 Å². The maximum atomic E-state index is 10.8. The van der Waals surface area contributed by atoms with Gasteiger partial charge in [-0.05, 0) is 42.9 Å². The summed E-state index contributed by atoms with van der Waals surface area (Å²) in [5.74, 6) is 6.52. The van der Waals surface area contributed by atoms with Crippen LogP contribution in [0.25, 0.3) is 0 Å². The molecule has 27 heavy (non-hydrogen) atoms. The van der Waals surface area contributed by atoms with Gasteiger partial charge < -0.3 is 9.84 Å². The molecule has 0 bridgehead atoms. The Kier molecular flexibility index (Phi) is 5.75. The molecule has 1 aromatic carbocycles. The highest BCUT2D eigenvalue weighted by Crippen LogP contribution is 2.38. The van der Waals surface area contributed by atoms with Gasteiger partial charge in [0.1, 0.15) is 5.75 Å². The lowest BCUT2D eigenvalue weighted by Crippen LogP contribution is -2.26. The van der Waals surface area contributed by atoms with E-state index in [1.807, 2.05) is 12.1 Å². The molecule has 1 aliphatic heterocycles. The number of aliphatic carboxylic acids is 1. The minimum atomic E-state index is -0.794. The molecule has 1 N–H and O–H groups in total. The van der Waals surface area contributed by atoms with Crippen LogP contribution in [-0.2, 0) is 10.2 Å². The van der Waals surface area contributed by atoms with Crippen LogP contribution in [0.15, 0.2) is 36.8 Å². The van der Waals surface area contributed by atoms with Crippen LogP contribution in [-0.4, -0.2) is 27.7 Å². The SMILES string of the molecule is CC1(C)CCOc2ccc(C#CC(CCCC(=O)O)c3cnccn3)cc21.